The maximum absolute atomic E-state index is 10.8. The molecule has 110 valence electrons. The highest BCUT2D eigenvalue weighted by atomic mass is 16.6. The van der Waals surface area contributed by atoms with Crippen LogP contribution in [0.4, 0.5) is 5.69 Å². The fourth-order valence-corrected chi connectivity index (χ4v) is 1.91. The van der Waals surface area contributed by atoms with Crippen molar-refractivity contribution in [1.29, 1.82) is 0 Å². The average Bonchev–Trinajstić information content (AvgIpc) is 2.92. The zero-order chi connectivity index (χ0) is 15.2. The van der Waals surface area contributed by atoms with E-state index >= 15 is 0 Å². The Hall–Kier alpha value is -2.57. The molecule has 0 aliphatic heterocycles. The molecule has 0 saturated heterocycles. The molecular weight excluding hydrogens is 272 g/mol. The summed E-state index contributed by atoms with van der Waals surface area (Å²) in [7, 11) is 0. The van der Waals surface area contributed by atoms with Gasteiger partial charge in [0.1, 0.15) is 12.1 Å². The molecule has 0 unspecified atom stereocenters. The molecule has 0 bridgehead atoms. The Kier molecular flexibility index (Phi) is 4.76. The Balaban J connectivity index is 1.96. The summed E-state index contributed by atoms with van der Waals surface area (Å²) < 4.78 is 1.72. The van der Waals surface area contributed by atoms with Crippen LogP contribution in [0.2, 0.25) is 0 Å². The lowest BCUT2D eigenvalue weighted by molar-refractivity contribution is -0.384. The highest BCUT2D eigenvalue weighted by Crippen LogP contribution is 2.18. The number of Topliss-reactive ketones (excluding diaryl/α,β-unsaturated/α-hetero) is 1. The first-order valence-corrected chi connectivity index (χ1v) is 6.70. The quantitative estimate of drug-likeness (QED) is 0.443. The van der Waals surface area contributed by atoms with Crippen LogP contribution < -0.4 is 0 Å². The summed E-state index contributed by atoms with van der Waals surface area (Å²) in [4.78, 5) is 25.2. The minimum Gasteiger partial charge on any atom is -0.300 e. The molecule has 2 rings (SSSR count). The van der Waals surface area contributed by atoms with E-state index in [1.807, 2.05) is 0 Å². The summed E-state index contributed by atoms with van der Waals surface area (Å²) in [6.07, 6.45) is 3.92. The van der Waals surface area contributed by atoms with Crippen LogP contribution in [0.1, 0.15) is 26.2 Å². The van der Waals surface area contributed by atoms with Crippen LogP contribution >= 0.6 is 0 Å². The first-order chi connectivity index (χ1) is 10.1. The summed E-state index contributed by atoms with van der Waals surface area (Å²) in [5, 5.41) is 14.9. The molecule has 2 aromatic rings. The Morgan fingerprint density at radius 3 is 2.62 bits per heavy atom. The Bertz CT molecular complexity index is 634. The van der Waals surface area contributed by atoms with Gasteiger partial charge in [0, 0.05) is 30.7 Å². The predicted molar refractivity (Wildman–Crippen MR) is 76.6 cm³/mol. The number of hydrogen-bond donors (Lipinski definition) is 0. The fourth-order valence-electron chi connectivity index (χ4n) is 1.91. The van der Waals surface area contributed by atoms with E-state index in [1.165, 1.54) is 12.1 Å². The highest BCUT2D eigenvalue weighted by Gasteiger charge is 2.08. The molecule has 0 saturated carbocycles. The molecule has 1 aromatic carbocycles. The third-order valence-corrected chi connectivity index (χ3v) is 3.04. The van der Waals surface area contributed by atoms with E-state index in [0.717, 1.165) is 18.4 Å². The van der Waals surface area contributed by atoms with E-state index in [4.69, 9.17) is 0 Å². The van der Waals surface area contributed by atoms with Crippen molar-refractivity contribution >= 4 is 11.5 Å². The lowest BCUT2D eigenvalue weighted by atomic mass is 10.2. The first-order valence-electron chi connectivity index (χ1n) is 6.70. The van der Waals surface area contributed by atoms with Crippen molar-refractivity contribution in [2.75, 3.05) is 0 Å². The van der Waals surface area contributed by atoms with E-state index in [-0.39, 0.29) is 11.5 Å². The second-order valence-electron chi connectivity index (χ2n) is 4.79. The maximum Gasteiger partial charge on any atom is 0.269 e. The van der Waals surface area contributed by atoms with Crippen LogP contribution in [-0.2, 0) is 11.3 Å². The molecule has 0 atom stereocenters. The molecule has 0 spiro atoms. The molecule has 7 heteroatoms. The first kappa shape index (κ1) is 14.8. The van der Waals surface area contributed by atoms with Crippen LogP contribution in [-0.4, -0.2) is 25.5 Å². The van der Waals surface area contributed by atoms with E-state index in [9.17, 15) is 14.9 Å². The van der Waals surface area contributed by atoms with Gasteiger partial charge in [-0.05, 0) is 31.9 Å². The van der Waals surface area contributed by atoms with Gasteiger partial charge in [-0.1, -0.05) is 0 Å². The van der Waals surface area contributed by atoms with Gasteiger partial charge in [0.2, 0.25) is 0 Å². The van der Waals surface area contributed by atoms with Gasteiger partial charge in [-0.3, -0.25) is 14.8 Å². The molecule has 1 heterocycles. The molecule has 0 N–H and O–H groups in total. The number of non-ortho nitro benzene ring substituents is 1. The number of aromatic nitrogens is 3. The Labute approximate surface area is 121 Å². The molecule has 0 aliphatic carbocycles. The van der Waals surface area contributed by atoms with Crippen molar-refractivity contribution in [3.05, 3.63) is 40.7 Å². The zero-order valence-corrected chi connectivity index (χ0v) is 11.7. The van der Waals surface area contributed by atoms with Crippen LogP contribution in [0.3, 0.4) is 0 Å². The molecule has 1 aromatic heterocycles. The maximum atomic E-state index is 10.8. The summed E-state index contributed by atoms with van der Waals surface area (Å²) in [5.41, 5.74) is 0.783. The van der Waals surface area contributed by atoms with Crippen molar-refractivity contribution in [1.82, 2.24) is 14.8 Å². The number of ketones is 1. The van der Waals surface area contributed by atoms with Gasteiger partial charge in [0.15, 0.2) is 5.82 Å². The monoisotopic (exact) mass is 288 g/mol. The highest BCUT2D eigenvalue weighted by molar-refractivity contribution is 5.75. The smallest absolute Gasteiger partial charge is 0.269 e. The van der Waals surface area contributed by atoms with Gasteiger partial charge in [0.05, 0.1) is 4.92 Å². The molecule has 0 radical (unpaired) electrons. The van der Waals surface area contributed by atoms with E-state index in [0.29, 0.717) is 18.8 Å². The third kappa shape index (κ3) is 4.20. The molecule has 7 nitrogen and oxygen atoms in total. The normalized spacial score (nSPS) is 10.5. The topological polar surface area (TPSA) is 90.9 Å². The molecular formula is C14H16N4O3. The second-order valence-corrected chi connectivity index (χ2v) is 4.79. The van der Waals surface area contributed by atoms with Crippen molar-refractivity contribution in [3.8, 4) is 11.4 Å². The fraction of sp³-hybridized carbons (Fsp3) is 0.357. The number of aryl methyl sites for hydroxylation is 1. The number of hydrogen-bond acceptors (Lipinski definition) is 5. The minimum atomic E-state index is -0.440. The van der Waals surface area contributed by atoms with Crippen molar-refractivity contribution in [2.24, 2.45) is 0 Å². The van der Waals surface area contributed by atoms with Crippen LogP contribution in [0, 0.1) is 10.1 Å². The summed E-state index contributed by atoms with van der Waals surface area (Å²) in [6, 6.07) is 6.13. The van der Waals surface area contributed by atoms with Gasteiger partial charge in [-0.25, -0.2) is 4.98 Å². The number of nitro groups is 1. The number of carbonyl (C=O) groups is 1. The summed E-state index contributed by atoms with van der Waals surface area (Å²) >= 11 is 0. The number of benzene rings is 1. The largest absolute Gasteiger partial charge is 0.300 e. The van der Waals surface area contributed by atoms with E-state index in [2.05, 4.69) is 10.1 Å². The van der Waals surface area contributed by atoms with Crippen molar-refractivity contribution in [2.45, 2.75) is 32.7 Å². The lowest BCUT2D eigenvalue weighted by Crippen LogP contribution is -2.00. The predicted octanol–water partition coefficient (Wildman–Crippen LogP) is 2.61. The molecule has 21 heavy (non-hydrogen) atoms. The summed E-state index contributed by atoms with van der Waals surface area (Å²) in [5.74, 6) is 0.733. The van der Waals surface area contributed by atoms with Gasteiger partial charge in [-0.2, -0.15) is 5.10 Å². The standard InChI is InChI=1S/C14H16N4O3/c1-11(19)4-2-3-9-17-10-15-14(16-17)12-5-7-13(8-6-12)18(20)21/h5-8,10H,2-4,9H2,1H3. The van der Waals surface area contributed by atoms with Crippen LogP contribution in [0.15, 0.2) is 30.6 Å². The lowest BCUT2D eigenvalue weighted by Gasteiger charge is -1.99. The van der Waals surface area contributed by atoms with Gasteiger partial charge >= 0.3 is 0 Å². The number of nitro benzene ring substituents is 1. The number of carbonyl (C=O) groups excluding carboxylic acids is 1. The number of rotatable bonds is 7. The van der Waals surface area contributed by atoms with Crippen molar-refractivity contribution in [3.63, 3.8) is 0 Å². The zero-order valence-electron chi connectivity index (χ0n) is 11.7. The van der Waals surface area contributed by atoms with Crippen LogP contribution in [0.25, 0.3) is 11.4 Å². The van der Waals surface area contributed by atoms with Gasteiger partial charge in [-0.15, -0.1) is 0 Å². The van der Waals surface area contributed by atoms with Crippen molar-refractivity contribution < 1.29 is 9.72 Å². The third-order valence-electron chi connectivity index (χ3n) is 3.04. The average molecular weight is 288 g/mol. The molecule has 0 fully saturated rings. The SMILES string of the molecule is CC(=O)CCCCn1cnc(-c2ccc([N+](=O)[O-])cc2)n1. The minimum absolute atomic E-state index is 0.0439. The second kappa shape index (κ2) is 6.74. The van der Waals surface area contributed by atoms with E-state index < -0.39 is 4.92 Å². The summed E-state index contributed by atoms with van der Waals surface area (Å²) in [6.45, 7) is 2.29. The molecule has 0 amide bonds. The molecule has 0 aliphatic rings. The number of nitrogens with zero attached hydrogens (tertiary/aromatic N) is 4. The van der Waals surface area contributed by atoms with Gasteiger partial charge < -0.3 is 4.79 Å². The Morgan fingerprint density at radius 1 is 1.29 bits per heavy atom. The van der Waals surface area contributed by atoms with Gasteiger partial charge in [0.25, 0.3) is 5.69 Å². The number of unbranched alkanes of at least 4 members (excludes halogenated alkanes) is 1. The van der Waals surface area contributed by atoms with E-state index in [1.54, 1.807) is 30.1 Å². The van der Waals surface area contributed by atoms with Crippen LogP contribution in [0.5, 0.6) is 0 Å². The Morgan fingerprint density at radius 2 is 2.00 bits per heavy atom.